The largest absolute Gasteiger partial charge is 0.356 e. The smallest absolute Gasteiger partial charge is 0.0949 e. The molecule has 4 aliphatic rings. The quantitative estimate of drug-likeness (QED) is 0.156. The lowest BCUT2D eigenvalue weighted by atomic mass is 9.65. The molecule has 2 aliphatic carbocycles. The number of anilines is 2. The summed E-state index contributed by atoms with van der Waals surface area (Å²) in [6.45, 7) is 9.13. The van der Waals surface area contributed by atoms with Crippen molar-refractivity contribution in [2.24, 2.45) is 0 Å². The van der Waals surface area contributed by atoms with Gasteiger partial charge in [0.05, 0.1) is 34.5 Å². The maximum atomic E-state index is 3.00. The van der Waals surface area contributed by atoms with Gasteiger partial charge in [-0.2, -0.15) is 0 Å². The molecular formula is C54H45N3. The Balaban J connectivity index is 0.000000141. The van der Waals surface area contributed by atoms with Crippen LogP contribution in [0.25, 0.3) is 49.7 Å². The Bertz CT molecular complexity index is 2880. The Morgan fingerprint density at radius 2 is 1.04 bits per heavy atom. The minimum atomic E-state index is -0.312. The lowest BCUT2D eigenvalue weighted by molar-refractivity contribution is 0.748. The van der Waals surface area contributed by atoms with E-state index < -0.39 is 0 Å². The number of aromatic nitrogens is 1. The van der Waals surface area contributed by atoms with Crippen molar-refractivity contribution in [1.29, 1.82) is 0 Å². The molecule has 7 aromatic carbocycles. The lowest BCUT2D eigenvalue weighted by Crippen LogP contribution is -2.34. The number of rotatable bonds is 1. The van der Waals surface area contributed by atoms with Crippen molar-refractivity contribution in [3.05, 3.63) is 223 Å². The molecule has 0 bridgehead atoms. The summed E-state index contributed by atoms with van der Waals surface area (Å²) >= 11 is 0. The van der Waals surface area contributed by atoms with Crippen LogP contribution in [-0.2, 0) is 5.41 Å². The summed E-state index contributed by atoms with van der Waals surface area (Å²) in [6, 6.07) is 60.1. The van der Waals surface area contributed by atoms with Crippen LogP contribution < -0.4 is 9.80 Å². The number of nitrogens with zero attached hydrogens (tertiary/aromatic N) is 3. The lowest BCUT2D eigenvalue weighted by Gasteiger charge is -2.39. The van der Waals surface area contributed by atoms with E-state index in [4.69, 9.17) is 0 Å². The number of hydrogen-bond donors (Lipinski definition) is 0. The predicted octanol–water partition coefficient (Wildman–Crippen LogP) is 13.5. The van der Waals surface area contributed by atoms with Crippen molar-refractivity contribution in [3.63, 3.8) is 0 Å². The first-order valence-electron chi connectivity index (χ1n) is 20.0. The van der Waals surface area contributed by atoms with Crippen LogP contribution in [0.3, 0.4) is 0 Å². The molecule has 1 aromatic heterocycles. The topological polar surface area (TPSA) is 11.4 Å². The first-order chi connectivity index (χ1) is 28.2. The van der Waals surface area contributed by atoms with Crippen LogP contribution in [0.4, 0.5) is 11.4 Å². The number of benzene rings is 7. The zero-order valence-corrected chi connectivity index (χ0v) is 32.6. The van der Waals surface area contributed by atoms with Gasteiger partial charge in [-0.1, -0.05) is 146 Å². The molecule has 2 aliphatic heterocycles. The molecule has 57 heavy (non-hydrogen) atoms. The van der Waals surface area contributed by atoms with Crippen LogP contribution in [0.1, 0.15) is 42.0 Å². The first-order valence-corrected chi connectivity index (χ1v) is 20.0. The number of hydrogen-bond acceptors (Lipinski definition) is 2. The van der Waals surface area contributed by atoms with E-state index in [9.17, 15) is 0 Å². The molecule has 1 spiro atoms. The van der Waals surface area contributed by atoms with E-state index in [1.807, 2.05) is 0 Å². The maximum absolute atomic E-state index is 3.00. The van der Waals surface area contributed by atoms with Gasteiger partial charge in [0.1, 0.15) is 0 Å². The molecule has 276 valence electrons. The van der Waals surface area contributed by atoms with Crippen molar-refractivity contribution in [2.75, 3.05) is 23.5 Å². The average Bonchev–Trinajstić information content (AvgIpc) is 3.73. The standard InChI is InChI=1S/C31H19N.C21H22N2.C2H4/c1-4-14-24-20(10-1)21-11-2-5-15-25(21)31(24)26-16-6-8-19-29(26)32-28-18-7-3-12-22(28)23-13-9-17-27(31)30(23)32;1-16-9-3-6-12-19(16)23-15-22(2)20-13-7-4-10-17(20)18-11-5-8-14-21(18)23;1-2/h1-19H;4-8,10-14H,3,9,15H2,1-2H3;1-2H2. The van der Waals surface area contributed by atoms with Crippen molar-refractivity contribution in [3.8, 4) is 27.9 Å². The predicted molar refractivity (Wildman–Crippen MR) is 242 cm³/mol. The van der Waals surface area contributed by atoms with Gasteiger partial charge < -0.3 is 14.4 Å². The number of fused-ring (bicyclic) bond motifs is 15. The van der Waals surface area contributed by atoms with Gasteiger partial charge in [0.15, 0.2) is 0 Å². The molecular weight excluding hydrogens is 691 g/mol. The molecule has 0 N–H and O–H groups in total. The molecule has 8 aromatic rings. The summed E-state index contributed by atoms with van der Waals surface area (Å²) in [6.07, 6.45) is 6.89. The summed E-state index contributed by atoms with van der Waals surface area (Å²) < 4.78 is 2.49. The van der Waals surface area contributed by atoms with Gasteiger partial charge in [0.2, 0.25) is 0 Å². The molecule has 3 heteroatoms. The average molecular weight is 736 g/mol. The van der Waals surface area contributed by atoms with Gasteiger partial charge in [0, 0.05) is 40.3 Å². The molecule has 3 heterocycles. The highest BCUT2D eigenvalue weighted by Gasteiger charge is 2.50. The molecule has 0 amide bonds. The van der Waals surface area contributed by atoms with E-state index in [2.05, 4.69) is 217 Å². The monoisotopic (exact) mass is 735 g/mol. The van der Waals surface area contributed by atoms with Crippen LogP contribution in [0.2, 0.25) is 0 Å². The number of allylic oxidation sites excluding steroid dienone is 3. The Kier molecular flexibility index (Phi) is 8.34. The normalized spacial score (nSPS) is 15.1. The first kappa shape index (κ1) is 34.6. The molecule has 0 saturated heterocycles. The highest BCUT2D eigenvalue weighted by Crippen LogP contribution is 2.60. The van der Waals surface area contributed by atoms with Crippen molar-refractivity contribution >= 4 is 33.2 Å². The zero-order valence-electron chi connectivity index (χ0n) is 32.6. The third-order valence-electron chi connectivity index (χ3n) is 12.4. The summed E-state index contributed by atoms with van der Waals surface area (Å²) in [5.74, 6) is 0. The summed E-state index contributed by atoms with van der Waals surface area (Å²) in [5.41, 5.74) is 19.8. The number of para-hydroxylation sites is 5. The second kappa shape index (κ2) is 13.7. The Labute approximate surface area is 335 Å². The fourth-order valence-electron chi connectivity index (χ4n) is 10.1. The third kappa shape index (κ3) is 4.98. The SMILES string of the molecule is C=C.CC1=C(N2CN(C)c3ccccc3-c3ccccc32)C=CCC1.c1ccc2c(c1)-c1ccccc1C21c2ccccc2-n2c3ccccc3c3cccc1c32. The fraction of sp³-hybridized carbons (Fsp3) is 0.111. The molecule has 0 unspecified atom stereocenters. The molecule has 0 fully saturated rings. The molecule has 12 rings (SSSR count). The van der Waals surface area contributed by atoms with Gasteiger partial charge in [-0.25, -0.2) is 0 Å². The van der Waals surface area contributed by atoms with Gasteiger partial charge in [-0.05, 0) is 89.1 Å². The second-order valence-corrected chi connectivity index (χ2v) is 15.3. The minimum Gasteiger partial charge on any atom is -0.356 e. The highest BCUT2D eigenvalue weighted by molar-refractivity contribution is 6.12. The molecule has 0 radical (unpaired) electrons. The Morgan fingerprint density at radius 3 is 1.74 bits per heavy atom. The van der Waals surface area contributed by atoms with E-state index in [1.54, 1.807) is 0 Å². The van der Waals surface area contributed by atoms with Crippen LogP contribution in [0.5, 0.6) is 0 Å². The highest BCUT2D eigenvalue weighted by atomic mass is 15.3. The fourth-order valence-corrected chi connectivity index (χ4v) is 10.1. The van der Waals surface area contributed by atoms with Crippen LogP contribution in [0, 0.1) is 0 Å². The van der Waals surface area contributed by atoms with Crippen LogP contribution in [-0.4, -0.2) is 18.3 Å². The zero-order chi connectivity index (χ0) is 38.7. The van der Waals surface area contributed by atoms with E-state index >= 15 is 0 Å². The van der Waals surface area contributed by atoms with E-state index in [-0.39, 0.29) is 5.41 Å². The van der Waals surface area contributed by atoms with Crippen molar-refractivity contribution in [1.82, 2.24) is 4.57 Å². The van der Waals surface area contributed by atoms with Gasteiger partial charge in [0.25, 0.3) is 0 Å². The second-order valence-electron chi connectivity index (χ2n) is 15.3. The van der Waals surface area contributed by atoms with Crippen molar-refractivity contribution in [2.45, 2.75) is 25.2 Å². The van der Waals surface area contributed by atoms with Crippen LogP contribution in [0.15, 0.2) is 200 Å². The van der Waals surface area contributed by atoms with Crippen molar-refractivity contribution < 1.29 is 0 Å². The summed E-state index contributed by atoms with van der Waals surface area (Å²) in [7, 11) is 2.18. The molecule has 0 saturated carbocycles. The summed E-state index contributed by atoms with van der Waals surface area (Å²) in [5, 5.41) is 2.64. The van der Waals surface area contributed by atoms with Gasteiger partial charge in [-0.3, -0.25) is 0 Å². The minimum absolute atomic E-state index is 0.312. The summed E-state index contributed by atoms with van der Waals surface area (Å²) in [4.78, 5) is 4.80. The molecule has 0 atom stereocenters. The third-order valence-corrected chi connectivity index (χ3v) is 12.4. The van der Waals surface area contributed by atoms with E-state index in [0.717, 1.165) is 19.5 Å². The maximum Gasteiger partial charge on any atom is 0.0949 e. The van der Waals surface area contributed by atoms with E-state index in [0.29, 0.717) is 0 Å². The van der Waals surface area contributed by atoms with Crippen LogP contribution >= 0.6 is 0 Å². The Morgan fingerprint density at radius 1 is 0.509 bits per heavy atom. The van der Waals surface area contributed by atoms with Gasteiger partial charge in [-0.15, -0.1) is 13.2 Å². The Hall–Kier alpha value is -6.84. The van der Waals surface area contributed by atoms with E-state index in [1.165, 1.54) is 94.6 Å². The van der Waals surface area contributed by atoms with Gasteiger partial charge >= 0.3 is 0 Å². The molecule has 3 nitrogen and oxygen atoms in total.